The standard InChI is InChI=1S/C25H24ClN3O4/c1-3-5-20-14-19(16-27-28-22-10-12-23(13-11-22)29(30)31)15-24(32-4-2)25(20)33-17-18-6-8-21(26)9-7-18/h3,6-16,28H,1,4-5,17H2,2H3/b27-16+. The second-order valence-corrected chi connectivity index (χ2v) is 7.46. The van der Waals surface area contributed by atoms with Crippen molar-refractivity contribution in [3.63, 3.8) is 0 Å². The third-order valence-corrected chi connectivity index (χ3v) is 4.85. The van der Waals surface area contributed by atoms with Gasteiger partial charge >= 0.3 is 0 Å². The van der Waals surface area contributed by atoms with E-state index in [0.717, 1.165) is 16.7 Å². The van der Waals surface area contributed by atoms with Gasteiger partial charge in [0.2, 0.25) is 0 Å². The molecule has 0 aliphatic carbocycles. The molecule has 0 aromatic heterocycles. The van der Waals surface area contributed by atoms with E-state index >= 15 is 0 Å². The van der Waals surface area contributed by atoms with Crippen molar-refractivity contribution in [1.29, 1.82) is 0 Å². The molecule has 8 heteroatoms. The van der Waals surface area contributed by atoms with Crippen LogP contribution in [-0.2, 0) is 13.0 Å². The number of non-ortho nitro benzene ring substituents is 1. The van der Waals surface area contributed by atoms with Crippen LogP contribution in [0.5, 0.6) is 11.5 Å². The Morgan fingerprint density at radius 2 is 1.85 bits per heavy atom. The number of nitrogens with zero attached hydrogens (tertiary/aromatic N) is 2. The molecule has 3 aromatic carbocycles. The molecule has 0 saturated carbocycles. The number of nitro benzene ring substituents is 1. The van der Waals surface area contributed by atoms with E-state index in [4.69, 9.17) is 21.1 Å². The first-order valence-electron chi connectivity index (χ1n) is 10.3. The Morgan fingerprint density at radius 3 is 2.48 bits per heavy atom. The normalized spacial score (nSPS) is 10.7. The number of hydrogen-bond donors (Lipinski definition) is 1. The van der Waals surface area contributed by atoms with Crippen LogP contribution in [-0.4, -0.2) is 17.7 Å². The molecule has 0 aliphatic rings. The van der Waals surface area contributed by atoms with Crippen LogP contribution in [0.4, 0.5) is 11.4 Å². The molecule has 0 radical (unpaired) electrons. The Kier molecular flexibility index (Phi) is 8.43. The highest BCUT2D eigenvalue weighted by Gasteiger charge is 2.13. The van der Waals surface area contributed by atoms with Gasteiger partial charge in [0.05, 0.1) is 23.4 Å². The van der Waals surface area contributed by atoms with Gasteiger partial charge in [0, 0.05) is 22.7 Å². The number of benzene rings is 3. The molecule has 0 aliphatic heterocycles. The van der Waals surface area contributed by atoms with Gasteiger partial charge in [0.1, 0.15) is 6.61 Å². The average molecular weight is 466 g/mol. The number of anilines is 1. The molecule has 0 spiro atoms. The maximum absolute atomic E-state index is 10.8. The van der Waals surface area contributed by atoms with Gasteiger partial charge in [0.25, 0.3) is 5.69 Å². The van der Waals surface area contributed by atoms with E-state index in [1.165, 1.54) is 12.1 Å². The summed E-state index contributed by atoms with van der Waals surface area (Å²) in [5.74, 6) is 1.27. The van der Waals surface area contributed by atoms with E-state index in [0.29, 0.717) is 41.8 Å². The predicted octanol–water partition coefficient (Wildman–Crippen LogP) is 6.40. The van der Waals surface area contributed by atoms with E-state index < -0.39 is 4.92 Å². The van der Waals surface area contributed by atoms with Gasteiger partial charge < -0.3 is 9.47 Å². The first kappa shape index (κ1) is 23.8. The number of halogens is 1. The fourth-order valence-electron chi connectivity index (χ4n) is 3.07. The summed E-state index contributed by atoms with van der Waals surface area (Å²) in [6.45, 7) is 6.61. The third-order valence-electron chi connectivity index (χ3n) is 4.60. The topological polar surface area (TPSA) is 86.0 Å². The quantitative estimate of drug-likeness (QED) is 0.153. The zero-order valence-corrected chi connectivity index (χ0v) is 18.9. The molecule has 3 rings (SSSR count). The summed E-state index contributed by atoms with van der Waals surface area (Å²) < 4.78 is 12.0. The first-order chi connectivity index (χ1) is 16.0. The van der Waals surface area contributed by atoms with Gasteiger partial charge in [-0.05, 0) is 60.9 Å². The molecule has 0 saturated heterocycles. The van der Waals surface area contributed by atoms with E-state index in [1.54, 1.807) is 24.4 Å². The highest BCUT2D eigenvalue weighted by atomic mass is 35.5. The number of hydrazone groups is 1. The summed E-state index contributed by atoms with van der Waals surface area (Å²) in [6, 6.07) is 17.3. The summed E-state index contributed by atoms with van der Waals surface area (Å²) in [5, 5.41) is 15.7. The van der Waals surface area contributed by atoms with Crippen molar-refractivity contribution in [2.75, 3.05) is 12.0 Å². The minimum Gasteiger partial charge on any atom is -0.490 e. The molecule has 0 bridgehead atoms. The Hall–Kier alpha value is -3.84. The van der Waals surface area contributed by atoms with E-state index in [2.05, 4.69) is 17.1 Å². The lowest BCUT2D eigenvalue weighted by Crippen LogP contribution is -2.04. The van der Waals surface area contributed by atoms with Gasteiger partial charge in [-0.2, -0.15) is 5.10 Å². The molecule has 0 atom stereocenters. The van der Waals surface area contributed by atoms with Crippen molar-refractivity contribution >= 4 is 29.2 Å². The zero-order chi connectivity index (χ0) is 23.6. The average Bonchev–Trinajstić information content (AvgIpc) is 2.80. The molecule has 0 fully saturated rings. The maximum Gasteiger partial charge on any atom is 0.269 e. The van der Waals surface area contributed by atoms with Crippen molar-refractivity contribution < 1.29 is 14.4 Å². The van der Waals surface area contributed by atoms with Crippen molar-refractivity contribution in [2.45, 2.75) is 20.0 Å². The Bertz CT molecular complexity index is 1130. The lowest BCUT2D eigenvalue weighted by Gasteiger charge is -2.17. The largest absolute Gasteiger partial charge is 0.490 e. The van der Waals surface area contributed by atoms with E-state index in [-0.39, 0.29) is 5.69 Å². The number of ether oxygens (including phenoxy) is 2. The molecular formula is C25H24ClN3O4. The van der Waals surface area contributed by atoms with Gasteiger partial charge in [-0.25, -0.2) is 0 Å². The minimum absolute atomic E-state index is 0.0224. The lowest BCUT2D eigenvalue weighted by molar-refractivity contribution is -0.384. The van der Waals surface area contributed by atoms with E-state index in [9.17, 15) is 10.1 Å². The second-order valence-electron chi connectivity index (χ2n) is 7.02. The first-order valence-corrected chi connectivity index (χ1v) is 10.7. The lowest BCUT2D eigenvalue weighted by atomic mass is 10.1. The predicted molar refractivity (Wildman–Crippen MR) is 132 cm³/mol. The molecule has 1 N–H and O–H groups in total. The number of allylic oxidation sites excluding steroid dienone is 1. The summed E-state index contributed by atoms with van der Waals surface area (Å²) >= 11 is 5.96. The maximum atomic E-state index is 10.8. The minimum atomic E-state index is -0.444. The Labute approximate surface area is 197 Å². The molecule has 0 amide bonds. The Morgan fingerprint density at radius 1 is 1.12 bits per heavy atom. The molecule has 170 valence electrons. The van der Waals surface area contributed by atoms with Crippen molar-refractivity contribution in [3.8, 4) is 11.5 Å². The smallest absolute Gasteiger partial charge is 0.269 e. The zero-order valence-electron chi connectivity index (χ0n) is 18.2. The monoisotopic (exact) mass is 465 g/mol. The fourth-order valence-corrected chi connectivity index (χ4v) is 3.19. The van der Waals surface area contributed by atoms with Crippen LogP contribution in [0.2, 0.25) is 5.02 Å². The van der Waals surface area contributed by atoms with Gasteiger partial charge in [0.15, 0.2) is 11.5 Å². The number of rotatable bonds is 11. The van der Waals surface area contributed by atoms with Crippen LogP contribution in [0.1, 0.15) is 23.6 Å². The van der Waals surface area contributed by atoms with Crippen molar-refractivity contribution in [3.05, 3.63) is 105 Å². The van der Waals surface area contributed by atoms with Crippen LogP contribution >= 0.6 is 11.6 Å². The summed E-state index contributed by atoms with van der Waals surface area (Å²) in [6.07, 6.45) is 4.04. The van der Waals surface area contributed by atoms with Crippen LogP contribution < -0.4 is 14.9 Å². The summed E-state index contributed by atoms with van der Waals surface area (Å²) in [5.41, 5.74) is 6.25. The van der Waals surface area contributed by atoms with Crippen LogP contribution in [0, 0.1) is 10.1 Å². The highest BCUT2D eigenvalue weighted by molar-refractivity contribution is 6.30. The van der Waals surface area contributed by atoms with Gasteiger partial charge in [-0.15, -0.1) is 6.58 Å². The number of hydrogen-bond acceptors (Lipinski definition) is 6. The van der Waals surface area contributed by atoms with Gasteiger partial charge in [-0.1, -0.05) is 29.8 Å². The van der Waals surface area contributed by atoms with Crippen LogP contribution in [0.15, 0.2) is 78.4 Å². The summed E-state index contributed by atoms with van der Waals surface area (Å²) in [4.78, 5) is 10.3. The van der Waals surface area contributed by atoms with Crippen molar-refractivity contribution in [2.24, 2.45) is 5.10 Å². The molecule has 0 heterocycles. The number of nitrogens with one attached hydrogen (secondary N) is 1. The highest BCUT2D eigenvalue weighted by Crippen LogP contribution is 2.34. The fraction of sp³-hybridized carbons (Fsp3) is 0.160. The molecule has 3 aromatic rings. The molecule has 0 unspecified atom stereocenters. The second kappa shape index (κ2) is 11.7. The van der Waals surface area contributed by atoms with Gasteiger partial charge in [-0.3, -0.25) is 15.5 Å². The van der Waals surface area contributed by atoms with Crippen LogP contribution in [0.25, 0.3) is 0 Å². The molecule has 33 heavy (non-hydrogen) atoms. The molecule has 7 nitrogen and oxygen atoms in total. The SMILES string of the molecule is C=CCc1cc(/C=N/Nc2ccc([N+](=O)[O-])cc2)cc(OCC)c1OCc1ccc(Cl)cc1. The third kappa shape index (κ3) is 6.82. The Balaban J connectivity index is 1.80. The molecular weight excluding hydrogens is 442 g/mol. The van der Waals surface area contributed by atoms with Crippen molar-refractivity contribution in [1.82, 2.24) is 0 Å². The summed E-state index contributed by atoms with van der Waals surface area (Å²) in [7, 11) is 0. The number of nitro groups is 1. The van der Waals surface area contributed by atoms with Crippen LogP contribution in [0.3, 0.4) is 0 Å². The van der Waals surface area contributed by atoms with E-state index in [1.807, 2.05) is 43.3 Å².